The summed E-state index contributed by atoms with van der Waals surface area (Å²) in [5, 5.41) is 10.1. The van der Waals surface area contributed by atoms with Gasteiger partial charge in [0, 0.05) is 6.20 Å². The van der Waals surface area contributed by atoms with E-state index in [1.54, 1.807) is 0 Å². The van der Waals surface area contributed by atoms with Crippen LogP contribution in [0.1, 0.15) is 5.56 Å². The van der Waals surface area contributed by atoms with Crippen LogP contribution in [0, 0.1) is 15.9 Å². The Morgan fingerprint density at radius 2 is 1.93 bits per heavy atom. The van der Waals surface area contributed by atoms with Gasteiger partial charge in [0.1, 0.15) is 11.8 Å². The summed E-state index contributed by atoms with van der Waals surface area (Å²) in [6.07, 6.45) is -4.37. The van der Waals surface area contributed by atoms with Crippen LogP contribution in [0.5, 0.6) is 0 Å². The summed E-state index contributed by atoms with van der Waals surface area (Å²) in [6, 6.07) is 0. The molecule has 0 spiro atoms. The average molecular weight is 210 g/mol. The third-order valence-electron chi connectivity index (χ3n) is 1.36. The second-order valence-electron chi connectivity index (χ2n) is 2.28. The van der Waals surface area contributed by atoms with Crippen LogP contribution in [0.15, 0.2) is 12.4 Å². The molecule has 14 heavy (non-hydrogen) atoms. The molecule has 0 unspecified atom stereocenters. The molecule has 0 N–H and O–H groups in total. The van der Waals surface area contributed by atoms with E-state index < -0.39 is 28.2 Å². The number of hydrogen-bond acceptors (Lipinski definition) is 3. The third-order valence-corrected chi connectivity index (χ3v) is 1.36. The molecule has 0 aliphatic heterocycles. The lowest BCUT2D eigenvalue weighted by molar-refractivity contribution is -0.388. The molecule has 0 aromatic carbocycles. The number of halogens is 4. The van der Waals surface area contributed by atoms with Crippen LogP contribution in [-0.4, -0.2) is 9.91 Å². The van der Waals surface area contributed by atoms with Crippen LogP contribution >= 0.6 is 0 Å². The smallest absolute Gasteiger partial charge is 0.258 e. The number of nitrogens with zero attached hydrogens (tertiary/aromatic N) is 2. The molecule has 0 amide bonds. The van der Waals surface area contributed by atoms with Gasteiger partial charge in [0.2, 0.25) is 5.82 Å². The Kier molecular flexibility index (Phi) is 2.37. The zero-order valence-electron chi connectivity index (χ0n) is 6.38. The lowest BCUT2D eigenvalue weighted by Crippen LogP contribution is -2.10. The third kappa shape index (κ3) is 1.78. The molecule has 0 atom stereocenters. The van der Waals surface area contributed by atoms with Gasteiger partial charge in [-0.25, -0.2) is 0 Å². The summed E-state index contributed by atoms with van der Waals surface area (Å²) < 4.78 is 48.8. The summed E-state index contributed by atoms with van der Waals surface area (Å²) in [5.74, 6) is -1.92. The van der Waals surface area contributed by atoms with Gasteiger partial charge in [0.05, 0.1) is 4.92 Å². The van der Waals surface area contributed by atoms with Crippen molar-refractivity contribution in [1.29, 1.82) is 0 Å². The SMILES string of the molecule is O=[N+]([O-])c1cncc(C(F)(F)F)c1F. The van der Waals surface area contributed by atoms with Crippen LogP contribution in [0.3, 0.4) is 0 Å². The van der Waals surface area contributed by atoms with Gasteiger partial charge in [0.25, 0.3) is 0 Å². The highest BCUT2D eigenvalue weighted by Crippen LogP contribution is 2.33. The summed E-state index contributed by atoms with van der Waals surface area (Å²) in [5.41, 5.74) is -3.04. The van der Waals surface area contributed by atoms with E-state index in [-0.39, 0.29) is 6.20 Å². The molecule has 0 aliphatic rings. The molecule has 0 aliphatic carbocycles. The second-order valence-corrected chi connectivity index (χ2v) is 2.28. The normalized spacial score (nSPS) is 11.4. The van der Waals surface area contributed by atoms with E-state index in [1.807, 2.05) is 0 Å². The van der Waals surface area contributed by atoms with Crippen LogP contribution in [0.2, 0.25) is 0 Å². The fourth-order valence-corrected chi connectivity index (χ4v) is 0.759. The number of rotatable bonds is 1. The van der Waals surface area contributed by atoms with Gasteiger partial charge in [-0.15, -0.1) is 0 Å². The molecule has 0 fully saturated rings. The fraction of sp³-hybridized carbons (Fsp3) is 0.167. The molecule has 0 saturated heterocycles. The quantitative estimate of drug-likeness (QED) is 0.405. The van der Waals surface area contributed by atoms with Crippen molar-refractivity contribution in [3.05, 3.63) is 33.9 Å². The van der Waals surface area contributed by atoms with Crippen molar-refractivity contribution >= 4 is 5.69 Å². The van der Waals surface area contributed by atoms with E-state index in [1.165, 1.54) is 0 Å². The van der Waals surface area contributed by atoms with E-state index in [0.717, 1.165) is 0 Å². The maximum atomic E-state index is 12.8. The predicted molar refractivity (Wildman–Crippen MR) is 35.9 cm³/mol. The maximum absolute atomic E-state index is 12.8. The van der Waals surface area contributed by atoms with Gasteiger partial charge in [-0.05, 0) is 0 Å². The molecule has 0 bridgehead atoms. The molecule has 76 valence electrons. The molecule has 1 heterocycles. The van der Waals surface area contributed by atoms with Gasteiger partial charge in [0.15, 0.2) is 0 Å². The zero-order chi connectivity index (χ0) is 10.9. The average Bonchev–Trinajstić information content (AvgIpc) is 2.01. The van der Waals surface area contributed by atoms with Crippen molar-refractivity contribution < 1.29 is 22.5 Å². The Morgan fingerprint density at radius 3 is 2.36 bits per heavy atom. The molecule has 1 aromatic heterocycles. The Labute approximate surface area is 74.3 Å². The highest BCUT2D eigenvalue weighted by Gasteiger charge is 2.37. The molecular formula is C6H2F4N2O2. The Hall–Kier alpha value is -1.73. The van der Waals surface area contributed by atoms with Gasteiger partial charge in [-0.3, -0.25) is 15.1 Å². The van der Waals surface area contributed by atoms with Crippen LogP contribution in [0.4, 0.5) is 23.2 Å². The maximum Gasteiger partial charge on any atom is 0.420 e. The molecule has 8 heteroatoms. The molecular weight excluding hydrogens is 208 g/mol. The number of aromatic nitrogens is 1. The van der Waals surface area contributed by atoms with E-state index in [4.69, 9.17) is 0 Å². The van der Waals surface area contributed by atoms with Crippen molar-refractivity contribution in [3.63, 3.8) is 0 Å². The highest BCUT2D eigenvalue weighted by molar-refractivity contribution is 5.34. The molecule has 4 nitrogen and oxygen atoms in total. The molecule has 0 saturated carbocycles. The van der Waals surface area contributed by atoms with Gasteiger partial charge in [-0.1, -0.05) is 0 Å². The number of pyridine rings is 1. The summed E-state index contributed by atoms with van der Waals surface area (Å²) in [6.45, 7) is 0. The largest absolute Gasteiger partial charge is 0.420 e. The predicted octanol–water partition coefficient (Wildman–Crippen LogP) is 2.15. The minimum atomic E-state index is -4.98. The number of hydrogen-bond donors (Lipinski definition) is 0. The number of nitro groups is 1. The van der Waals surface area contributed by atoms with Crippen molar-refractivity contribution in [2.75, 3.05) is 0 Å². The van der Waals surface area contributed by atoms with Crippen LogP contribution in [-0.2, 0) is 6.18 Å². The minimum absolute atomic E-state index is 0.197. The minimum Gasteiger partial charge on any atom is -0.258 e. The first-order valence-electron chi connectivity index (χ1n) is 3.19. The molecule has 1 rings (SSSR count). The van der Waals surface area contributed by atoms with Crippen molar-refractivity contribution in [1.82, 2.24) is 4.98 Å². The van der Waals surface area contributed by atoms with Gasteiger partial charge >= 0.3 is 11.9 Å². The van der Waals surface area contributed by atoms with Gasteiger partial charge in [-0.2, -0.15) is 17.6 Å². The first-order chi connectivity index (χ1) is 6.34. The molecule has 1 aromatic rings. The van der Waals surface area contributed by atoms with Crippen molar-refractivity contribution in [2.24, 2.45) is 0 Å². The first-order valence-corrected chi connectivity index (χ1v) is 3.19. The number of alkyl halides is 3. The van der Waals surface area contributed by atoms with Crippen molar-refractivity contribution in [3.8, 4) is 0 Å². The Balaban J connectivity index is 3.35. The van der Waals surface area contributed by atoms with E-state index >= 15 is 0 Å². The van der Waals surface area contributed by atoms with E-state index in [9.17, 15) is 27.7 Å². The standard InChI is InChI=1S/C6H2F4N2O2/c7-5-3(6(8,9)10)1-11-2-4(5)12(13)14/h1-2H. The lowest BCUT2D eigenvalue weighted by atomic mass is 10.2. The monoisotopic (exact) mass is 210 g/mol. The zero-order valence-corrected chi connectivity index (χ0v) is 6.38. The van der Waals surface area contributed by atoms with Crippen molar-refractivity contribution in [2.45, 2.75) is 6.18 Å². The van der Waals surface area contributed by atoms with E-state index in [2.05, 4.69) is 4.98 Å². The second kappa shape index (κ2) is 3.20. The Bertz CT molecular complexity index is 377. The molecule has 0 radical (unpaired) electrons. The topological polar surface area (TPSA) is 56.0 Å². The van der Waals surface area contributed by atoms with E-state index in [0.29, 0.717) is 6.20 Å². The lowest BCUT2D eigenvalue weighted by Gasteiger charge is -2.06. The van der Waals surface area contributed by atoms with Gasteiger partial charge < -0.3 is 0 Å². The summed E-state index contributed by atoms with van der Waals surface area (Å²) >= 11 is 0. The van der Waals surface area contributed by atoms with Crippen LogP contribution < -0.4 is 0 Å². The highest BCUT2D eigenvalue weighted by atomic mass is 19.4. The summed E-state index contributed by atoms with van der Waals surface area (Å²) in [4.78, 5) is 11.7. The first kappa shape index (κ1) is 10.4. The Morgan fingerprint density at radius 1 is 1.36 bits per heavy atom. The summed E-state index contributed by atoms with van der Waals surface area (Å²) in [7, 11) is 0. The fourth-order valence-electron chi connectivity index (χ4n) is 0.759. The van der Waals surface area contributed by atoms with Crippen LogP contribution in [0.25, 0.3) is 0 Å².